The zero-order valence-corrected chi connectivity index (χ0v) is 22.3. The van der Waals surface area contributed by atoms with E-state index in [9.17, 15) is 0 Å². The van der Waals surface area contributed by atoms with Crippen LogP contribution in [-0.2, 0) is 6.54 Å². The third-order valence-corrected chi connectivity index (χ3v) is 5.91. The Hall–Kier alpha value is -2.01. The van der Waals surface area contributed by atoms with Crippen molar-refractivity contribution in [3.8, 4) is 11.5 Å². The summed E-state index contributed by atoms with van der Waals surface area (Å²) in [4.78, 5) is 9.26. The van der Waals surface area contributed by atoms with Crippen LogP contribution in [0.4, 0.5) is 0 Å². The van der Waals surface area contributed by atoms with Crippen LogP contribution in [0.25, 0.3) is 0 Å². The Morgan fingerprint density at radius 2 is 1.91 bits per heavy atom. The van der Waals surface area contributed by atoms with Crippen molar-refractivity contribution in [1.82, 2.24) is 20.3 Å². The van der Waals surface area contributed by atoms with Crippen LogP contribution in [0.1, 0.15) is 35.4 Å². The molecule has 1 fully saturated rings. The molecule has 178 valence electrons. The van der Waals surface area contributed by atoms with Crippen molar-refractivity contribution in [2.45, 2.75) is 33.2 Å². The molecule has 0 aliphatic carbocycles. The molecule has 2 heterocycles. The summed E-state index contributed by atoms with van der Waals surface area (Å²) in [7, 11) is 5.24. The molecule has 0 radical (unpaired) electrons. The predicted octanol–water partition coefficient (Wildman–Crippen LogP) is 3.42. The zero-order chi connectivity index (χ0) is 22.4. The molecule has 1 aromatic carbocycles. The van der Waals surface area contributed by atoms with E-state index in [1.807, 2.05) is 33.0 Å². The number of ether oxygens (including phenoxy) is 2. The van der Waals surface area contributed by atoms with Gasteiger partial charge in [-0.05, 0) is 32.0 Å². The lowest BCUT2D eigenvalue weighted by molar-refractivity contribution is 0.171. The van der Waals surface area contributed by atoms with E-state index in [-0.39, 0.29) is 24.0 Å². The molecule has 1 unspecified atom stereocenters. The molecule has 1 aliphatic rings. The number of aryl methyl sites for hydroxylation is 2. The molecular formula is C23H36IN5O3. The van der Waals surface area contributed by atoms with Gasteiger partial charge in [-0.15, -0.1) is 24.0 Å². The van der Waals surface area contributed by atoms with Crippen molar-refractivity contribution in [2.75, 3.05) is 54.0 Å². The molecular weight excluding hydrogens is 521 g/mol. The standard InChI is InChI=1S/C23H35N5O3.HI/c1-16(22-17(2)26-31-18(22)3)14-25-23(24-4)28-11-9-27(10-12-28)15-19-13-20(29-5)7-8-21(19)30-6;/h7-8,13,16H,9-12,14-15H2,1-6H3,(H,24,25);1H. The number of hydrogen-bond donors (Lipinski definition) is 1. The maximum atomic E-state index is 5.53. The van der Waals surface area contributed by atoms with Crippen LogP contribution >= 0.6 is 24.0 Å². The summed E-state index contributed by atoms with van der Waals surface area (Å²) in [6.45, 7) is 11.5. The quantitative estimate of drug-likeness (QED) is 0.318. The van der Waals surface area contributed by atoms with E-state index in [4.69, 9.17) is 14.0 Å². The van der Waals surface area contributed by atoms with Crippen LogP contribution in [0.15, 0.2) is 27.7 Å². The van der Waals surface area contributed by atoms with Crippen molar-refractivity contribution in [3.05, 3.63) is 40.8 Å². The molecule has 3 rings (SSSR count). The summed E-state index contributed by atoms with van der Waals surface area (Å²) in [5.41, 5.74) is 3.29. The largest absolute Gasteiger partial charge is 0.497 e. The second kappa shape index (κ2) is 12.3. The second-order valence-corrected chi connectivity index (χ2v) is 8.01. The molecule has 0 saturated carbocycles. The van der Waals surface area contributed by atoms with E-state index in [0.717, 1.165) is 73.7 Å². The van der Waals surface area contributed by atoms with Gasteiger partial charge in [0, 0.05) is 63.4 Å². The van der Waals surface area contributed by atoms with Gasteiger partial charge in [0.05, 0.1) is 19.9 Å². The summed E-state index contributed by atoms with van der Waals surface area (Å²) in [6, 6.07) is 5.96. The molecule has 8 nitrogen and oxygen atoms in total. The van der Waals surface area contributed by atoms with Crippen molar-refractivity contribution < 1.29 is 14.0 Å². The van der Waals surface area contributed by atoms with E-state index in [1.54, 1.807) is 14.2 Å². The van der Waals surface area contributed by atoms with E-state index in [0.29, 0.717) is 5.92 Å². The number of halogens is 1. The van der Waals surface area contributed by atoms with Gasteiger partial charge in [0.2, 0.25) is 0 Å². The highest BCUT2D eigenvalue weighted by atomic mass is 127. The first-order valence-corrected chi connectivity index (χ1v) is 10.8. The lowest BCUT2D eigenvalue weighted by Crippen LogP contribution is -2.52. The first-order chi connectivity index (χ1) is 15.0. The summed E-state index contributed by atoms with van der Waals surface area (Å²) >= 11 is 0. The highest BCUT2D eigenvalue weighted by molar-refractivity contribution is 14.0. The number of guanidine groups is 1. The number of benzene rings is 1. The molecule has 1 atom stereocenters. The van der Waals surface area contributed by atoms with Crippen LogP contribution in [0.5, 0.6) is 11.5 Å². The third kappa shape index (κ3) is 6.28. The maximum Gasteiger partial charge on any atom is 0.193 e. The summed E-state index contributed by atoms with van der Waals surface area (Å²) in [5, 5.41) is 7.61. The fourth-order valence-corrected chi connectivity index (χ4v) is 4.24. The minimum Gasteiger partial charge on any atom is -0.497 e. The number of nitrogens with zero attached hydrogens (tertiary/aromatic N) is 4. The smallest absolute Gasteiger partial charge is 0.193 e. The Labute approximate surface area is 208 Å². The summed E-state index contributed by atoms with van der Waals surface area (Å²) in [6.07, 6.45) is 0. The number of aliphatic imine (C=N–C) groups is 1. The lowest BCUT2D eigenvalue weighted by atomic mass is 10.00. The van der Waals surface area contributed by atoms with E-state index in [1.165, 1.54) is 5.56 Å². The molecule has 0 spiro atoms. The Kier molecular flexibility index (Phi) is 10.1. The average Bonchev–Trinajstić information content (AvgIpc) is 3.13. The molecule has 0 amide bonds. The summed E-state index contributed by atoms with van der Waals surface area (Å²) in [5.74, 6) is 3.88. The van der Waals surface area contributed by atoms with E-state index in [2.05, 4.69) is 38.3 Å². The van der Waals surface area contributed by atoms with E-state index < -0.39 is 0 Å². The van der Waals surface area contributed by atoms with Crippen LogP contribution in [0.2, 0.25) is 0 Å². The zero-order valence-electron chi connectivity index (χ0n) is 20.0. The SMILES string of the molecule is CN=C(NCC(C)c1c(C)noc1C)N1CCN(Cc2cc(OC)ccc2OC)CC1.I. The second-order valence-electron chi connectivity index (χ2n) is 8.01. The van der Waals surface area contributed by atoms with Gasteiger partial charge in [-0.2, -0.15) is 0 Å². The van der Waals surface area contributed by atoms with Gasteiger partial charge in [-0.1, -0.05) is 12.1 Å². The Bertz CT molecular complexity index is 874. The van der Waals surface area contributed by atoms with Crippen molar-refractivity contribution in [2.24, 2.45) is 4.99 Å². The fourth-order valence-electron chi connectivity index (χ4n) is 4.24. The third-order valence-electron chi connectivity index (χ3n) is 5.91. The van der Waals surface area contributed by atoms with E-state index >= 15 is 0 Å². The van der Waals surface area contributed by atoms with Gasteiger partial charge < -0.3 is 24.2 Å². The molecule has 9 heteroatoms. The Morgan fingerprint density at radius 1 is 1.19 bits per heavy atom. The Morgan fingerprint density at radius 3 is 2.47 bits per heavy atom. The molecule has 1 aliphatic heterocycles. The van der Waals surface area contributed by atoms with Crippen molar-refractivity contribution >= 4 is 29.9 Å². The van der Waals surface area contributed by atoms with Gasteiger partial charge in [-0.3, -0.25) is 9.89 Å². The Balaban J connectivity index is 0.00000363. The number of aromatic nitrogens is 1. The van der Waals surface area contributed by atoms with Gasteiger partial charge in [-0.25, -0.2) is 0 Å². The van der Waals surface area contributed by atoms with Crippen LogP contribution < -0.4 is 14.8 Å². The van der Waals surface area contributed by atoms with Gasteiger partial charge in [0.15, 0.2) is 5.96 Å². The highest BCUT2D eigenvalue weighted by Crippen LogP contribution is 2.26. The number of hydrogen-bond acceptors (Lipinski definition) is 6. The first-order valence-electron chi connectivity index (χ1n) is 10.8. The number of nitrogens with one attached hydrogen (secondary N) is 1. The molecule has 2 aromatic rings. The molecule has 1 saturated heterocycles. The van der Waals surface area contributed by atoms with Crippen molar-refractivity contribution in [3.63, 3.8) is 0 Å². The minimum absolute atomic E-state index is 0. The minimum atomic E-state index is 0. The number of piperazine rings is 1. The van der Waals surface area contributed by atoms with Crippen LogP contribution in [-0.4, -0.2) is 74.9 Å². The van der Waals surface area contributed by atoms with Gasteiger partial charge >= 0.3 is 0 Å². The summed E-state index contributed by atoms with van der Waals surface area (Å²) < 4.78 is 16.2. The fraction of sp³-hybridized carbons (Fsp3) is 0.565. The number of methoxy groups -OCH3 is 2. The molecule has 1 N–H and O–H groups in total. The predicted molar refractivity (Wildman–Crippen MR) is 138 cm³/mol. The lowest BCUT2D eigenvalue weighted by Gasteiger charge is -2.37. The van der Waals surface area contributed by atoms with Gasteiger partial charge in [0.25, 0.3) is 0 Å². The first kappa shape index (κ1) is 26.2. The number of rotatable bonds is 7. The van der Waals surface area contributed by atoms with Crippen LogP contribution in [0, 0.1) is 13.8 Å². The highest BCUT2D eigenvalue weighted by Gasteiger charge is 2.22. The monoisotopic (exact) mass is 557 g/mol. The van der Waals surface area contributed by atoms with Crippen molar-refractivity contribution in [1.29, 1.82) is 0 Å². The normalized spacial score (nSPS) is 15.8. The molecule has 0 bridgehead atoms. The average molecular weight is 557 g/mol. The molecule has 32 heavy (non-hydrogen) atoms. The van der Waals surface area contributed by atoms with Gasteiger partial charge in [0.1, 0.15) is 17.3 Å². The topological polar surface area (TPSA) is 75.4 Å². The van der Waals surface area contributed by atoms with Crippen LogP contribution in [0.3, 0.4) is 0 Å². The maximum absolute atomic E-state index is 5.53. The molecule has 1 aromatic heterocycles.